The zero-order valence-electron chi connectivity index (χ0n) is 4.91. The van der Waals surface area contributed by atoms with Crippen molar-refractivity contribution in [3.63, 3.8) is 0 Å². The lowest BCUT2D eigenvalue weighted by molar-refractivity contribution is 0.170. The molecule has 0 aliphatic carbocycles. The van der Waals surface area contributed by atoms with Crippen molar-refractivity contribution < 1.29 is 4.39 Å². The zero-order chi connectivity index (χ0) is 6.04. The molecule has 1 saturated heterocycles. The number of halogens is 1. The highest BCUT2D eigenvalue weighted by Crippen LogP contribution is 2.20. The van der Waals surface area contributed by atoms with Crippen LogP contribution in [0.5, 0.6) is 0 Å². The fourth-order valence-electron chi connectivity index (χ4n) is 0.875. The summed E-state index contributed by atoms with van der Waals surface area (Å²) >= 11 is 0. The van der Waals surface area contributed by atoms with Crippen LogP contribution in [0.1, 0.15) is 12.8 Å². The van der Waals surface area contributed by atoms with Crippen molar-refractivity contribution in [2.24, 2.45) is 0 Å². The SMILES string of the molecule is [CH2]C1(F)CCNCC1. The second-order valence-corrected chi connectivity index (χ2v) is 2.40. The summed E-state index contributed by atoms with van der Waals surface area (Å²) in [5.41, 5.74) is -1.13. The predicted octanol–water partition coefficient (Wildman–Crippen LogP) is 0.912. The monoisotopic (exact) mass is 116 g/mol. The van der Waals surface area contributed by atoms with Crippen molar-refractivity contribution in [1.29, 1.82) is 0 Å². The van der Waals surface area contributed by atoms with E-state index in [1.807, 2.05) is 0 Å². The van der Waals surface area contributed by atoms with Crippen LogP contribution in [0.25, 0.3) is 0 Å². The van der Waals surface area contributed by atoms with Gasteiger partial charge in [0, 0.05) is 0 Å². The molecule has 1 aliphatic rings. The van der Waals surface area contributed by atoms with Crippen molar-refractivity contribution in [2.45, 2.75) is 18.5 Å². The topological polar surface area (TPSA) is 12.0 Å². The smallest absolute Gasteiger partial charge is 0.113 e. The molecule has 1 rings (SSSR count). The average Bonchev–Trinajstić information content (AvgIpc) is 1.65. The standard InChI is InChI=1S/C6H11FN/c1-6(7)2-4-8-5-3-6/h8H,1-5H2. The number of rotatable bonds is 0. The van der Waals surface area contributed by atoms with Crippen LogP contribution in [0.3, 0.4) is 0 Å². The largest absolute Gasteiger partial charge is 0.316 e. The van der Waals surface area contributed by atoms with Gasteiger partial charge in [-0.1, -0.05) is 0 Å². The Morgan fingerprint density at radius 3 is 2.12 bits per heavy atom. The fraction of sp³-hybridized carbons (Fsp3) is 0.833. The molecule has 1 fully saturated rings. The van der Waals surface area contributed by atoms with E-state index in [0.29, 0.717) is 12.8 Å². The minimum atomic E-state index is -1.13. The van der Waals surface area contributed by atoms with E-state index in [1.54, 1.807) is 0 Å². The van der Waals surface area contributed by atoms with Crippen LogP contribution in [0.4, 0.5) is 4.39 Å². The molecule has 1 N–H and O–H groups in total. The Kier molecular flexibility index (Phi) is 1.52. The lowest BCUT2D eigenvalue weighted by Crippen LogP contribution is -2.36. The molecule has 1 aliphatic heterocycles. The van der Waals surface area contributed by atoms with E-state index in [4.69, 9.17) is 0 Å². The van der Waals surface area contributed by atoms with Crippen LogP contribution in [0.2, 0.25) is 0 Å². The highest BCUT2D eigenvalue weighted by molar-refractivity contribution is 4.86. The van der Waals surface area contributed by atoms with E-state index in [9.17, 15) is 4.39 Å². The van der Waals surface area contributed by atoms with Crippen LogP contribution in [0.15, 0.2) is 0 Å². The Labute approximate surface area is 49.3 Å². The highest BCUT2D eigenvalue weighted by Gasteiger charge is 2.24. The van der Waals surface area contributed by atoms with Gasteiger partial charge in [0.25, 0.3) is 0 Å². The first kappa shape index (κ1) is 6.02. The van der Waals surface area contributed by atoms with Crippen molar-refractivity contribution in [2.75, 3.05) is 13.1 Å². The number of alkyl halides is 1. The molecule has 0 saturated carbocycles. The summed E-state index contributed by atoms with van der Waals surface area (Å²) in [4.78, 5) is 0. The van der Waals surface area contributed by atoms with Gasteiger partial charge in [0.1, 0.15) is 5.67 Å². The molecule has 0 spiro atoms. The van der Waals surface area contributed by atoms with Gasteiger partial charge >= 0.3 is 0 Å². The van der Waals surface area contributed by atoms with Crippen molar-refractivity contribution in [3.05, 3.63) is 6.92 Å². The molecule has 0 bridgehead atoms. The summed E-state index contributed by atoms with van der Waals surface area (Å²) < 4.78 is 12.7. The van der Waals surface area contributed by atoms with E-state index in [-0.39, 0.29) is 0 Å². The first-order chi connectivity index (χ1) is 3.71. The summed E-state index contributed by atoms with van der Waals surface area (Å²) in [6, 6.07) is 0. The third kappa shape index (κ3) is 1.44. The van der Waals surface area contributed by atoms with E-state index in [1.165, 1.54) is 0 Å². The maximum Gasteiger partial charge on any atom is 0.113 e. The lowest BCUT2D eigenvalue weighted by atomic mass is 9.97. The van der Waals surface area contributed by atoms with E-state index >= 15 is 0 Å². The number of piperidine rings is 1. The summed E-state index contributed by atoms with van der Waals surface area (Å²) in [6.07, 6.45) is 1.12. The normalized spacial score (nSPS) is 27.8. The van der Waals surface area contributed by atoms with Crippen molar-refractivity contribution in [1.82, 2.24) is 5.32 Å². The quantitative estimate of drug-likeness (QED) is 0.496. The summed E-state index contributed by atoms with van der Waals surface area (Å²) in [6.45, 7) is 4.98. The molecule has 1 heterocycles. The first-order valence-electron chi connectivity index (χ1n) is 2.96. The van der Waals surface area contributed by atoms with Gasteiger partial charge in [-0.25, -0.2) is 4.39 Å². The predicted molar refractivity (Wildman–Crippen MR) is 31.3 cm³/mol. The number of hydrogen-bond acceptors (Lipinski definition) is 1. The molecule has 0 aromatic heterocycles. The molecule has 8 heavy (non-hydrogen) atoms. The van der Waals surface area contributed by atoms with Gasteiger partial charge in [0.15, 0.2) is 0 Å². The first-order valence-corrected chi connectivity index (χ1v) is 2.96. The molecule has 0 aromatic rings. The van der Waals surface area contributed by atoms with Gasteiger partial charge in [0.2, 0.25) is 0 Å². The van der Waals surface area contributed by atoms with Crippen molar-refractivity contribution >= 4 is 0 Å². The van der Waals surface area contributed by atoms with E-state index < -0.39 is 5.67 Å². The van der Waals surface area contributed by atoms with Gasteiger partial charge in [-0.3, -0.25) is 0 Å². The molecule has 1 radical (unpaired) electrons. The average molecular weight is 116 g/mol. The van der Waals surface area contributed by atoms with Gasteiger partial charge < -0.3 is 5.32 Å². The van der Waals surface area contributed by atoms with E-state index in [0.717, 1.165) is 13.1 Å². The minimum absolute atomic E-state index is 0.562. The van der Waals surface area contributed by atoms with Crippen LogP contribution >= 0.6 is 0 Å². The van der Waals surface area contributed by atoms with Gasteiger partial charge in [0.05, 0.1) is 0 Å². The summed E-state index contributed by atoms with van der Waals surface area (Å²) in [5.74, 6) is 0. The molecule has 0 unspecified atom stereocenters. The Bertz CT molecular complexity index is 72.6. The molecule has 0 atom stereocenters. The van der Waals surface area contributed by atoms with Crippen LogP contribution in [-0.4, -0.2) is 18.8 Å². The zero-order valence-corrected chi connectivity index (χ0v) is 4.91. The summed E-state index contributed by atoms with van der Waals surface area (Å²) in [7, 11) is 0. The number of nitrogens with one attached hydrogen (secondary N) is 1. The molecule has 2 heteroatoms. The molecule has 1 nitrogen and oxygen atoms in total. The molecular formula is C6H11FN. The van der Waals surface area contributed by atoms with Crippen LogP contribution in [-0.2, 0) is 0 Å². The van der Waals surface area contributed by atoms with Gasteiger partial charge in [-0.2, -0.15) is 0 Å². The van der Waals surface area contributed by atoms with Gasteiger partial charge in [-0.05, 0) is 32.9 Å². The van der Waals surface area contributed by atoms with Crippen molar-refractivity contribution in [3.8, 4) is 0 Å². The molecular weight excluding hydrogens is 105 g/mol. The Balaban J connectivity index is 2.33. The van der Waals surface area contributed by atoms with Crippen LogP contribution < -0.4 is 5.32 Å². The maximum absolute atomic E-state index is 12.7. The molecule has 0 amide bonds. The van der Waals surface area contributed by atoms with Gasteiger partial charge in [-0.15, -0.1) is 0 Å². The maximum atomic E-state index is 12.7. The second kappa shape index (κ2) is 2.02. The minimum Gasteiger partial charge on any atom is -0.316 e. The fourth-order valence-corrected chi connectivity index (χ4v) is 0.875. The molecule has 0 aromatic carbocycles. The van der Waals surface area contributed by atoms with Crippen LogP contribution in [0, 0.1) is 6.92 Å². The third-order valence-electron chi connectivity index (χ3n) is 1.50. The van der Waals surface area contributed by atoms with E-state index in [2.05, 4.69) is 12.2 Å². The molecule has 47 valence electrons. The Morgan fingerprint density at radius 1 is 1.38 bits per heavy atom. The Hall–Kier alpha value is -0.110. The summed E-state index contributed by atoms with van der Waals surface area (Å²) in [5, 5.41) is 3.06. The lowest BCUT2D eigenvalue weighted by Gasteiger charge is -2.25. The third-order valence-corrected chi connectivity index (χ3v) is 1.50. The number of hydrogen-bond donors (Lipinski definition) is 1. The Morgan fingerprint density at radius 2 is 1.88 bits per heavy atom. The highest BCUT2D eigenvalue weighted by atomic mass is 19.1. The second-order valence-electron chi connectivity index (χ2n) is 2.40.